The van der Waals surface area contributed by atoms with E-state index < -0.39 is 0 Å². The van der Waals surface area contributed by atoms with Crippen LogP contribution < -0.4 is 10.3 Å². The van der Waals surface area contributed by atoms with Crippen LogP contribution in [0.15, 0.2) is 53.3 Å². The fourth-order valence-electron chi connectivity index (χ4n) is 2.71. The van der Waals surface area contributed by atoms with Crippen LogP contribution in [0.3, 0.4) is 0 Å². The first kappa shape index (κ1) is 11.1. The monoisotopic (exact) mass is 264 g/mol. The standard InChI is InChI=1S/C16H12N2O2/c1-20-11-6-7-13-10(8-11)9-15-16(19)17-12-4-2-3-5-14(12)18(13)15/h2-9H,1H3,(H,17,19). The van der Waals surface area contributed by atoms with Crippen LogP contribution in [0.5, 0.6) is 5.75 Å². The molecule has 0 atom stereocenters. The Morgan fingerprint density at radius 3 is 2.70 bits per heavy atom. The Morgan fingerprint density at radius 2 is 1.85 bits per heavy atom. The highest BCUT2D eigenvalue weighted by Gasteiger charge is 2.10. The largest absolute Gasteiger partial charge is 0.497 e. The molecule has 0 spiro atoms. The van der Waals surface area contributed by atoms with Crippen LogP contribution in [0.25, 0.3) is 27.5 Å². The molecule has 0 saturated carbocycles. The van der Waals surface area contributed by atoms with E-state index in [0.717, 1.165) is 27.7 Å². The van der Waals surface area contributed by atoms with E-state index in [2.05, 4.69) is 4.98 Å². The van der Waals surface area contributed by atoms with Gasteiger partial charge in [0.05, 0.1) is 23.7 Å². The molecule has 0 unspecified atom stereocenters. The molecule has 0 aliphatic carbocycles. The maximum atomic E-state index is 12.2. The topological polar surface area (TPSA) is 46.5 Å². The van der Waals surface area contributed by atoms with Crippen LogP contribution in [0, 0.1) is 0 Å². The summed E-state index contributed by atoms with van der Waals surface area (Å²) in [6.45, 7) is 0. The van der Waals surface area contributed by atoms with Gasteiger partial charge < -0.3 is 14.1 Å². The minimum Gasteiger partial charge on any atom is -0.497 e. The number of aromatic nitrogens is 2. The van der Waals surface area contributed by atoms with Gasteiger partial charge in [0.2, 0.25) is 0 Å². The fourth-order valence-corrected chi connectivity index (χ4v) is 2.71. The SMILES string of the molecule is COc1ccc2c(c1)cc1c(=O)[nH]c3ccccc3n12. The Balaban J connectivity index is 2.30. The number of methoxy groups -OCH3 is 1. The molecule has 98 valence electrons. The smallest absolute Gasteiger partial charge is 0.272 e. The lowest BCUT2D eigenvalue weighted by atomic mass is 10.2. The van der Waals surface area contributed by atoms with Gasteiger partial charge in [0.25, 0.3) is 5.56 Å². The van der Waals surface area contributed by atoms with E-state index in [1.807, 2.05) is 52.9 Å². The van der Waals surface area contributed by atoms with Crippen molar-refractivity contribution in [2.24, 2.45) is 0 Å². The predicted octanol–water partition coefficient (Wildman–Crippen LogP) is 2.94. The molecule has 4 aromatic rings. The molecule has 1 N–H and O–H groups in total. The van der Waals surface area contributed by atoms with Gasteiger partial charge in [-0.05, 0) is 36.4 Å². The van der Waals surface area contributed by atoms with Crippen molar-refractivity contribution >= 4 is 27.5 Å². The van der Waals surface area contributed by atoms with E-state index in [4.69, 9.17) is 4.74 Å². The number of rotatable bonds is 1. The molecule has 20 heavy (non-hydrogen) atoms. The summed E-state index contributed by atoms with van der Waals surface area (Å²) in [5.74, 6) is 0.786. The van der Waals surface area contributed by atoms with Crippen molar-refractivity contribution in [2.75, 3.05) is 7.11 Å². The van der Waals surface area contributed by atoms with Crippen LogP contribution in [0.2, 0.25) is 0 Å². The summed E-state index contributed by atoms with van der Waals surface area (Å²) in [6.07, 6.45) is 0. The van der Waals surface area contributed by atoms with E-state index in [0.29, 0.717) is 5.52 Å². The minimum atomic E-state index is -0.0844. The molecule has 0 aliphatic heterocycles. The Bertz CT molecular complexity index is 1010. The second-order valence-corrected chi connectivity index (χ2v) is 4.76. The van der Waals surface area contributed by atoms with Crippen molar-refractivity contribution < 1.29 is 4.74 Å². The first-order valence-corrected chi connectivity index (χ1v) is 6.38. The third kappa shape index (κ3) is 1.39. The Hall–Kier alpha value is -2.75. The van der Waals surface area contributed by atoms with Gasteiger partial charge in [0, 0.05) is 5.39 Å². The molecular weight excluding hydrogens is 252 g/mol. The number of ether oxygens (including phenoxy) is 1. The molecule has 0 saturated heterocycles. The van der Waals surface area contributed by atoms with E-state index in [1.54, 1.807) is 7.11 Å². The van der Waals surface area contributed by atoms with E-state index >= 15 is 0 Å². The molecule has 2 aromatic carbocycles. The van der Waals surface area contributed by atoms with E-state index in [9.17, 15) is 4.79 Å². The summed E-state index contributed by atoms with van der Waals surface area (Å²) in [5, 5.41) is 0.992. The number of H-pyrrole nitrogens is 1. The Kier molecular flexibility index (Phi) is 2.15. The van der Waals surface area contributed by atoms with Crippen LogP contribution in [0.4, 0.5) is 0 Å². The molecule has 4 heteroatoms. The first-order chi connectivity index (χ1) is 9.78. The summed E-state index contributed by atoms with van der Waals surface area (Å²) < 4.78 is 7.23. The zero-order valence-electron chi connectivity index (χ0n) is 10.9. The Morgan fingerprint density at radius 1 is 1.00 bits per heavy atom. The highest BCUT2D eigenvalue weighted by atomic mass is 16.5. The normalized spacial score (nSPS) is 11.4. The van der Waals surface area contributed by atoms with E-state index in [-0.39, 0.29) is 5.56 Å². The van der Waals surface area contributed by atoms with Crippen LogP contribution in [-0.4, -0.2) is 16.5 Å². The third-order valence-electron chi connectivity index (χ3n) is 3.63. The van der Waals surface area contributed by atoms with Crippen LogP contribution in [-0.2, 0) is 0 Å². The van der Waals surface area contributed by atoms with Crippen molar-refractivity contribution in [2.45, 2.75) is 0 Å². The molecule has 0 radical (unpaired) electrons. The van der Waals surface area contributed by atoms with Gasteiger partial charge in [-0.3, -0.25) is 4.79 Å². The maximum Gasteiger partial charge on any atom is 0.272 e. The van der Waals surface area contributed by atoms with Gasteiger partial charge in [0.15, 0.2) is 0 Å². The van der Waals surface area contributed by atoms with Gasteiger partial charge in [-0.25, -0.2) is 0 Å². The molecule has 0 amide bonds. The third-order valence-corrected chi connectivity index (χ3v) is 3.63. The summed E-state index contributed by atoms with van der Waals surface area (Å²) in [5.41, 5.74) is 3.38. The maximum absolute atomic E-state index is 12.2. The minimum absolute atomic E-state index is 0.0844. The van der Waals surface area contributed by atoms with Crippen molar-refractivity contribution in [3.05, 3.63) is 58.9 Å². The average molecular weight is 264 g/mol. The molecule has 2 aromatic heterocycles. The second-order valence-electron chi connectivity index (χ2n) is 4.76. The number of hydrogen-bond acceptors (Lipinski definition) is 2. The number of nitrogens with zero attached hydrogens (tertiary/aromatic N) is 1. The zero-order valence-corrected chi connectivity index (χ0v) is 10.9. The summed E-state index contributed by atoms with van der Waals surface area (Å²) in [6, 6.07) is 15.5. The molecule has 4 rings (SSSR count). The van der Waals surface area contributed by atoms with Crippen LogP contribution >= 0.6 is 0 Å². The van der Waals surface area contributed by atoms with Gasteiger partial charge >= 0.3 is 0 Å². The number of hydrogen-bond donors (Lipinski definition) is 1. The number of aromatic amines is 1. The van der Waals surface area contributed by atoms with Crippen molar-refractivity contribution in [1.29, 1.82) is 0 Å². The number of fused-ring (bicyclic) bond motifs is 5. The molecule has 4 nitrogen and oxygen atoms in total. The number of para-hydroxylation sites is 2. The highest BCUT2D eigenvalue weighted by Crippen LogP contribution is 2.25. The molecule has 0 aliphatic rings. The molecule has 0 bridgehead atoms. The number of nitrogens with one attached hydrogen (secondary N) is 1. The summed E-state index contributed by atoms with van der Waals surface area (Å²) in [7, 11) is 1.64. The quantitative estimate of drug-likeness (QED) is 0.574. The zero-order chi connectivity index (χ0) is 13.7. The van der Waals surface area contributed by atoms with Crippen molar-refractivity contribution in [1.82, 2.24) is 9.38 Å². The highest BCUT2D eigenvalue weighted by molar-refractivity contribution is 5.93. The molecular formula is C16H12N2O2. The molecule has 0 fully saturated rings. The average Bonchev–Trinajstić information content (AvgIpc) is 2.86. The van der Waals surface area contributed by atoms with Gasteiger partial charge in [-0.1, -0.05) is 12.1 Å². The van der Waals surface area contributed by atoms with Gasteiger partial charge in [0.1, 0.15) is 11.3 Å². The first-order valence-electron chi connectivity index (χ1n) is 6.38. The fraction of sp³-hybridized carbons (Fsp3) is 0.0625. The van der Waals surface area contributed by atoms with Crippen molar-refractivity contribution in [3.63, 3.8) is 0 Å². The second kappa shape index (κ2) is 3.87. The predicted molar refractivity (Wildman–Crippen MR) is 79.6 cm³/mol. The van der Waals surface area contributed by atoms with Gasteiger partial charge in [-0.2, -0.15) is 0 Å². The number of benzene rings is 2. The van der Waals surface area contributed by atoms with Crippen LogP contribution in [0.1, 0.15) is 0 Å². The van der Waals surface area contributed by atoms with Crippen molar-refractivity contribution in [3.8, 4) is 5.75 Å². The van der Waals surface area contributed by atoms with E-state index in [1.165, 1.54) is 0 Å². The lowest BCUT2D eigenvalue weighted by Gasteiger charge is -2.04. The lowest BCUT2D eigenvalue weighted by molar-refractivity contribution is 0.415. The Labute approximate surface area is 114 Å². The summed E-state index contributed by atoms with van der Waals surface area (Å²) >= 11 is 0. The summed E-state index contributed by atoms with van der Waals surface area (Å²) in [4.78, 5) is 15.1. The molecule has 2 heterocycles. The van der Waals surface area contributed by atoms with Gasteiger partial charge in [-0.15, -0.1) is 0 Å². The lowest BCUT2D eigenvalue weighted by Crippen LogP contribution is -2.09.